The van der Waals surface area contributed by atoms with E-state index >= 15 is 0 Å². The molecule has 0 saturated heterocycles. The number of thioether (sulfide) groups is 1. The van der Waals surface area contributed by atoms with Crippen LogP contribution in [-0.4, -0.2) is 24.7 Å². The van der Waals surface area contributed by atoms with E-state index in [1.807, 2.05) is 30.5 Å². The van der Waals surface area contributed by atoms with Crippen molar-refractivity contribution in [3.05, 3.63) is 48.0 Å². The quantitative estimate of drug-likeness (QED) is 0.855. The number of amides is 2. The molecule has 22 heavy (non-hydrogen) atoms. The molecule has 0 unspecified atom stereocenters. The molecule has 0 bridgehead atoms. The Kier molecular flexibility index (Phi) is 4.02. The Hall–Kier alpha value is -2.47. The first-order valence-corrected chi connectivity index (χ1v) is 7.90. The highest BCUT2D eigenvalue weighted by atomic mass is 32.2. The summed E-state index contributed by atoms with van der Waals surface area (Å²) in [5.74, 6) is 0.0882. The van der Waals surface area contributed by atoms with Gasteiger partial charge in [0.1, 0.15) is 5.75 Å². The average Bonchev–Trinajstić information content (AvgIpc) is 2.54. The summed E-state index contributed by atoms with van der Waals surface area (Å²) >= 11 is 1.61. The van der Waals surface area contributed by atoms with Gasteiger partial charge in [-0.1, -0.05) is 6.07 Å². The van der Waals surface area contributed by atoms with E-state index in [9.17, 15) is 9.59 Å². The topological polar surface area (TPSA) is 67.4 Å². The van der Waals surface area contributed by atoms with E-state index in [2.05, 4.69) is 10.6 Å². The first-order valence-electron chi connectivity index (χ1n) is 6.68. The van der Waals surface area contributed by atoms with Gasteiger partial charge in [-0.3, -0.25) is 9.59 Å². The molecule has 1 heterocycles. The van der Waals surface area contributed by atoms with E-state index in [1.165, 1.54) is 0 Å². The second-order valence-electron chi connectivity index (χ2n) is 4.73. The third-order valence-corrected chi connectivity index (χ3v) is 3.93. The fourth-order valence-corrected chi connectivity index (χ4v) is 2.58. The predicted molar refractivity (Wildman–Crippen MR) is 86.7 cm³/mol. The molecule has 6 heteroatoms. The summed E-state index contributed by atoms with van der Waals surface area (Å²) in [5, 5.41) is 5.55. The van der Waals surface area contributed by atoms with Crippen molar-refractivity contribution in [1.82, 2.24) is 0 Å². The third kappa shape index (κ3) is 3.07. The van der Waals surface area contributed by atoms with E-state index in [-0.39, 0.29) is 18.4 Å². The molecule has 2 amide bonds. The van der Waals surface area contributed by atoms with Crippen LogP contribution in [0.1, 0.15) is 10.4 Å². The number of fused-ring (bicyclic) bond motifs is 1. The van der Waals surface area contributed by atoms with Gasteiger partial charge in [-0.2, -0.15) is 0 Å². The molecule has 0 fully saturated rings. The number of rotatable bonds is 3. The molecule has 2 aromatic carbocycles. The van der Waals surface area contributed by atoms with Gasteiger partial charge in [0.25, 0.3) is 11.8 Å². The van der Waals surface area contributed by atoms with Gasteiger partial charge in [-0.05, 0) is 42.7 Å². The largest absolute Gasteiger partial charge is 0.482 e. The summed E-state index contributed by atoms with van der Waals surface area (Å²) in [5.41, 5.74) is 1.80. The standard InChI is InChI=1S/C16H14N2O3S/c1-22-12-4-2-3-11(8-12)17-16(20)10-5-6-13-14(7-10)21-9-15(19)18-13/h2-8H,9H2,1H3,(H,17,20)(H,18,19). The van der Waals surface area contributed by atoms with Crippen LogP contribution in [0, 0.1) is 0 Å². The number of hydrogen-bond donors (Lipinski definition) is 2. The molecule has 0 radical (unpaired) electrons. The minimum atomic E-state index is -0.221. The van der Waals surface area contributed by atoms with Crippen LogP contribution in [0.4, 0.5) is 11.4 Å². The van der Waals surface area contributed by atoms with Crippen LogP contribution >= 0.6 is 11.8 Å². The molecule has 2 N–H and O–H groups in total. The summed E-state index contributed by atoms with van der Waals surface area (Å²) in [6, 6.07) is 12.6. The van der Waals surface area contributed by atoms with Gasteiger partial charge in [-0.15, -0.1) is 11.8 Å². The maximum Gasteiger partial charge on any atom is 0.262 e. The van der Waals surface area contributed by atoms with Crippen molar-refractivity contribution < 1.29 is 14.3 Å². The van der Waals surface area contributed by atoms with Gasteiger partial charge in [-0.25, -0.2) is 0 Å². The number of benzene rings is 2. The number of carbonyl (C=O) groups is 2. The Bertz CT molecular complexity index is 746. The van der Waals surface area contributed by atoms with Gasteiger partial charge in [0, 0.05) is 16.1 Å². The Morgan fingerprint density at radius 1 is 1.27 bits per heavy atom. The predicted octanol–water partition coefficient (Wildman–Crippen LogP) is 2.99. The van der Waals surface area contributed by atoms with Crippen LogP contribution in [0.25, 0.3) is 0 Å². The van der Waals surface area contributed by atoms with E-state index in [0.29, 0.717) is 17.0 Å². The minimum Gasteiger partial charge on any atom is -0.482 e. The van der Waals surface area contributed by atoms with Gasteiger partial charge in [0.05, 0.1) is 5.69 Å². The summed E-state index contributed by atoms with van der Waals surface area (Å²) < 4.78 is 5.32. The zero-order chi connectivity index (χ0) is 15.5. The van der Waals surface area contributed by atoms with Crippen molar-refractivity contribution in [3.8, 4) is 5.75 Å². The lowest BCUT2D eigenvalue weighted by molar-refractivity contribution is -0.118. The smallest absolute Gasteiger partial charge is 0.262 e. The fourth-order valence-electron chi connectivity index (χ4n) is 2.12. The normalized spacial score (nSPS) is 12.9. The molecule has 0 aliphatic carbocycles. The highest BCUT2D eigenvalue weighted by Gasteiger charge is 2.17. The molecule has 1 aliphatic rings. The molecule has 0 atom stereocenters. The van der Waals surface area contributed by atoms with Crippen LogP contribution in [0.15, 0.2) is 47.4 Å². The lowest BCUT2D eigenvalue weighted by Gasteiger charge is -2.18. The molecule has 112 valence electrons. The Labute approximate surface area is 132 Å². The second-order valence-corrected chi connectivity index (χ2v) is 5.61. The highest BCUT2D eigenvalue weighted by Crippen LogP contribution is 2.29. The van der Waals surface area contributed by atoms with Crippen LogP contribution < -0.4 is 15.4 Å². The lowest BCUT2D eigenvalue weighted by atomic mass is 10.1. The molecule has 1 aliphatic heterocycles. The number of anilines is 2. The van der Waals surface area contributed by atoms with Gasteiger partial charge >= 0.3 is 0 Å². The van der Waals surface area contributed by atoms with Crippen molar-refractivity contribution in [2.24, 2.45) is 0 Å². The lowest BCUT2D eigenvalue weighted by Crippen LogP contribution is -2.25. The van der Waals surface area contributed by atoms with Crippen molar-refractivity contribution in [1.29, 1.82) is 0 Å². The maximum absolute atomic E-state index is 12.3. The monoisotopic (exact) mass is 314 g/mol. The van der Waals surface area contributed by atoms with Crippen molar-refractivity contribution in [2.45, 2.75) is 4.90 Å². The zero-order valence-electron chi connectivity index (χ0n) is 11.9. The Morgan fingerprint density at radius 3 is 2.95 bits per heavy atom. The SMILES string of the molecule is CSc1cccc(NC(=O)c2ccc3c(c2)OCC(=O)N3)c1. The van der Waals surface area contributed by atoms with Crippen LogP contribution in [0.3, 0.4) is 0 Å². The number of hydrogen-bond acceptors (Lipinski definition) is 4. The van der Waals surface area contributed by atoms with E-state index in [0.717, 1.165) is 10.6 Å². The van der Waals surface area contributed by atoms with Gasteiger partial charge in [0.15, 0.2) is 6.61 Å². The summed E-state index contributed by atoms with van der Waals surface area (Å²) in [4.78, 5) is 24.6. The van der Waals surface area contributed by atoms with E-state index < -0.39 is 0 Å². The van der Waals surface area contributed by atoms with Crippen molar-refractivity contribution >= 4 is 35.0 Å². The number of ether oxygens (including phenoxy) is 1. The second kappa shape index (κ2) is 6.11. The average molecular weight is 314 g/mol. The number of carbonyl (C=O) groups excluding carboxylic acids is 2. The van der Waals surface area contributed by atoms with Crippen molar-refractivity contribution in [3.63, 3.8) is 0 Å². The molecule has 3 rings (SSSR count). The van der Waals surface area contributed by atoms with Crippen LogP contribution in [-0.2, 0) is 4.79 Å². The first kappa shape index (κ1) is 14.5. The third-order valence-electron chi connectivity index (χ3n) is 3.20. The van der Waals surface area contributed by atoms with E-state index in [1.54, 1.807) is 30.0 Å². The molecule has 0 saturated carbocycles. The fraction of sp³-hybridized carbons (Fsp3) is 0.125. The molecule has 2 aromatic rings. The first-order chi connectivity index (χ1) is 10.7. The van der Waals surface area contributed by atoms with Gasteiger partial charge < -0.3 is 15.4 Å². The minimum absolute atomic E-state index is 0.0339. The molecular weight excluding hydrogens is 300 g/mol. The van der Waals surface area contributed by atoms with Crippen LogP contribution in [0.2, 0.25) is 0 Å². The summed E-state index contributed by atoms with van der Waals surface area (Å²) in [6.07, 6.45) is 1.98. The molecule has 5 nitrogen and oxygen atoms in total. The maximum atomic E-state index is 12.3. The molecule has 0 spiro atoms. The molecule has 0 aromatic heterocycles. The number of nitrogens with one attached hydrogen (secondary N) is 2. The molecular formula is C16H14N2O3S. The van der Waals surface area contributed by atoms with Crippen LogP contribution in [0.5, 0.6) is 5.75 Å². The Morgan fingerprint density at radius 2 is 2.14 bits per heavy atom. The highest BCUT2D eigenvalue weighted by molar-refractivity contribution is 7.98. The van der Waals surface area contributed by atoms with Crippen molar-refractivity contribution in [2.75, 3.05) is 23.5 Å². The summed E-state index contributed by atoms with van der Waals surface area (Å²) in [6.45, 7) is -0.0339. The Balaban J connectivity index is 1.79. The summed E-state index contributed by atoms with van der Waals surface area (Å²) in [7, 11) is 0. The van der Waals surface area contributed by atoms with Gasteiger partial charge in [0.2, 0.25) is 0 Å². The zero-order valence-corrected chi connectivity index (χ0v) is 12.7. The van der Waals surface area contributed by atoms with E-state index in [4.69, 9.17) is 4.74 Å².